The van der Waals surface area contributed by atoms with Gasteiger partial charge in [0.15, 0.2) is 22.4 Å². The molecular formula is C29H21N3O8S. The molecule has 0 saturated heterocycles. The summed E-state index contributed by atoms with van der Waals surface area (Å²) < 4.78 is 19.2. The molecule has 0 saturated carbocycles. The maximum atomic E-state index is 13.6. The number of rotatable bonds is 8. The van der Waals surface area contributed by atoms with Gasteiger partial charge in [0, 0.05) is 17.7 Å². The number of aromatic hydroxyl groups is 2. The second kappa shape index (κ2) is 9.99. The number of furan rings is 2. The molecule has 11 nitrogen and oxygen atoms in total. The zero-order valence-electron chi connectivity index (χ0n) is 21.7. The topological polar surface area (TPSA) is 154 Å². The molecule has 41 heavy (non-hydrogen) atoms. The highest BCUT2D eigenvalue weighted by Gasteiger charge is 2.34. The molecule has 2 N–H and O–H groups in total. The van der Waals surface area contributed by atoms with E-state index in [1.807, 2.05) is 13.0 Å². The van der Waals surface area contributed by atoms with Crippen LogP contribution in [0.3, 0.4) is 0 Å². The molecule has 0 fully saturated rings. The van der Waals surface area contributed by atoms with Crippen molar-refractivity contribution in [3.63, 3.8) is 0 Å². The normalized spacial score (nSPS) is 11.3. The first kappa shape index (κ1) is 25.9. The van der Waals surface area contributed by atoms with Gasteiger partial charge in [-0.2, -0.15) is 0 Å². The monoisotopic (exact) mass is 571 g/mol. The van der Waals surface area contributed by atoms with Gasteiger partial charge in [0.25, 0.3) is 5.69 Å². The lowest BCUT2D eigenvalue weighted by atomic mass is 10.1. The average molecular weight is 572 g/mol. The second-order valence-electron chi connectivity index (χ2n) is 9.00. The van der Waals surface area contributed by atoms with Crippen molar-refractivity contribution in [2.24, 2.45) is 0 Å². The number of nitro groups is 1. The molecule has 0 atom stereocenters. The Kier molecular flexibility index (Phi) is 6.31. The second-order valence-corrected chi connectivity index (χ2v) is 10.0. The van der Waals surface area contributed by atoms with E-state index in [0.29, 0.717) is 29.2 Å². The number of ketones is 1. The molecule has 0 amide bonds. The van der Waals surface area contributed by atoms with E-state index in [2.05, 4.69) is 4.98 Å². The fourth-order valence-electron chi connectivity index (χ4n) is 4.50. The van der Waals surface area contributed by atoms with Crippen molar-refractivity contribution in [1.82, 2.24) is 9.55 Å². The highest BCUT2D eigenvalue weighted by atomic mass is 32.1. The first-order valence-electron chi connectivity index (χ1n) is 12.4. The molecule has 0 spiro atoms. The summed E-state index contributed by atoms with van der Waals surface area (Å²) in [4.78, 5) is 29.0. The SMILES string of the molecule is CCOc1ccc2nc(-n3c(O)c(O)c(C(=O)c4ccc(C)o4)c3-c3ccc(-c4cccc([N+](=O)[O-])c4)o3)sc2c1. The number of carbonyl (C=O) groups is 1. The molecule has 0 aliphatic carbocycles. The van der Waals surface area contributed by atoms with Crippen LogP contribution in [0.25, 0.3) is 38.1 Å². The van der Waals surface area contributed by atoms with Crippen molar-refractivity contribution in [3.05, 3.63) is 93.9 Å². The van der Waals surface area contributed by atoms with Crippen molar-refractivity contribution >= 4 is 33.0 Å². The van der Waals surface area contributed by atoms with Crippen LogP contribution >= 0.6 is 11.3 Å². The molecule has 0 unspecified atom stereocenters. The van der Waals surface area contributed by atoms with Crippen LogP contribution in [0.2, 0.25) is 0 Å². The first-order chi connectivity index (χ1) is 19.7. The summed E-state index contributed by atoms with van der Waals surface area (Å²) in [6.45, 7) is 4.03. The van der Waals surface area contributed by atoms with Crippen molar-refractivity contribution in [2.75, 3.05) is 6.61 Å². The van der Waals surface area contributed by atoms with E-state index in [9.17, 15) is 25.1 Å². The van der Waals surface area contributed by atoms with Crippen molar-refractivity contribution < 1.29 is 33.5 Å². The van der Waals surface area contributed by atoms with Crippen LogP contribution in [0.5, 0.6) is 17.4 Å². The number of thiazole rings is 1. The number of fused-ring (bicyclic) bond motifs is 1. The van der Waals surface area contributed by atoms with Crippen molar-refractivity contribution in [3.8, 4) is 45.3 Å². The fourth-order valence-corrected chi connectivity index (χ4v) is 5.50. The Hall–Kier alpha value is -5.36. The van der Waals surface area contributed by atoms with Gasteiger partial charge in [-0.25, -0.2) is 9.55 Å². The Morgan fingerprint density at radius 3 is 2.61 bits per heavy atom. The summed E-state index contributed by atoms with van der Waals surface area (Å²) >= 11 is 1.20. The zero-order valence-corrected chi connectivity index (χ0v) is 22.5. The number of ether oxygens (including phenoxy) is 1. The minimum absolute atomic E-state index is 0.0276. The number of benzene rings is 2. The highest BCUT2D eigenvalue weighted by Crippen LogP contribution is 2.46. The molecule has 206 valence electrons. The van der Waals surface area contributed by atoms with E-state index < -0.39 is 22.3 Å². The quantitative estimate of drug-likeness (QED) is 0.113. The summed E-state index contributed by atoms with van der Waals surface area (Å²) in [7, 11) is 0. The van der Waals surface area contributed by atoms with Crippen molar-refractivity contribution in [1.29, 1.82) is 0 Å². The maximum absolute atomic E-state index is 13.6. The molecule has 4 heterocycles. The number of carbonyl (C=O) groups excluding carboxylic acids is 1. The smallest absolute Gasteiger partial charge is 0.270 e. The molecule has 0 aliphatic heterocycles. The molecule has 4 aromatic heterocycles. The molecule has 0 bridgehead atoms. The number of nitrogens with zero attached hydrogens (tertiary/aromatic N) is 3. The standard InChI is InChI=1S/C29H21N3O8S/c1-3-38-18-8-9-19-23(14-18)41-29(30-19)31-25(24(27(34)28(31)35)26(33)22-10-7-15(2)39-22)21-12-11-20(40-21)16-5-4-6-17(13-16)32(36)37/h4-14,34-35H,3H2,1-2H3. The van der Waals surface area contributed by atoms with Gasteiger partial charge in [0.1, 0.15) is 28.5 Å². The lowest BCUT2D eigenvalue weighted by Crippen LogP contribution is -2.03. The lowest BCUT2D eigenvalue weighted by molar-refractivity contribution is -0.384. The molecule has 0 radical (unpaired) electrons. The third kappa shape index (κ3) is 4.49. The summed E-state index contributed by atoms with van der Waals surface area (Å²) in [5, 5.41) is 33.8. The number of aromatic nitrogens is 2. The third-order valence-corrected chi connectivity index (χ3v) is 7.35. The Morgan fingerprint density at radius 2 is 1.88 bits per heavy atom. The summed E-state index contributed by atoms with van der Waals surface area (Å²) in [6, 6.07) is 17.5. The van der Waals surface area contributed by atoms with Gasteiger partial charge in [-0.1, -0.05) is 23.5 Å². The molecule has 2 aromatic carbocycles. The lowest BCUT2D eigenvalue weighted by Gasteiger charge is -2.06. The minimum atomic E-state index is -0.687. The predicted molar refractivity (Wildman–Crippen MR) is 150 cm³/mol. The molecule has 6 aromatic rings. The minimum Gasteiger partial charge on any atom is -0.503 e. The number of aryl methyl sites for hydroxylation is 1. The Bertz CT molecular complexity index is 1960. The van der Waals surface area contributed by atoms with E-state index in [-0.39, 0.29) is 39.4 Å². The van der Waals surface area contributed by atoms with E-state index in [1.165, 1.54) is 40.2 Å². The highest BCUT2D eigenvalue weighted by molar-refractivity contribution is 7.20. The van der Waals surface area contributed by atoms with Gasteiger partial charge in [-0.3, -0.25) is 14.9 Å². The van der Waals surface area contributed by atoms with Crippen LogP contribution in [-0.2, 0) is 0 Å². The Morgan fingerprint density at radius 1 is 1.07 bits per heavy atom. The third-order valence-electron chi connectivity index (χ3n) is 6.34. The van der Waals surface area contributed by atoms with E-state index in [1.54, 1.807) is 43.3 Å². The largest absolute Gasteiger partial charge is 0.503 e. The zero-order chi connectivity index (χ0) is 28.8. The Balaban J connectivity index is 1.56. The van der Waals surface area contributed by atoms with Gasteiger partial charge in [-0.15, -0.1) is 0 Å². The summed E-state index contributed by atoms with van der Waals surface area (Å²) in [5.41, 5.74) is 0.683. The van der Waals surface area contributed by atoms with Gasteiger partial charge >= 0.3 is 0 Å². The fraction of sp³-hybridized carbons (Fsp3) is 0.103. The van der Waals surface area contributed by atoms with Crippen LogP contribution in [0.4, 0.5) is 5.69 Å². The summed E-state index contributed by atoms with van der Waals surface area (Å²) in [5.74, 6) is -0.533. The number of hydrogen-bond acceptors (Lipinski definition) is 10. The van der Waals surface area contributed by atoms with Crippen LogP contribution < -0.4 is 4.74 Å². The molecule has 12 heteroatoms. The number of non-ortho nitro benzene ring substituents is 1. The van der Waals surface area contributed by atoms with Gasteiger partial charge < -0.3 is 23.8 Å². The predicted octanol–water partition coefficient (Wildman–Crippen LogP) is 6.86. The van der Waals surface area contributed by atoms with Gasteiger partial charge in [0.2, 0.25) is 11.7 Å². The number of nitro benzene ring substituents is 1. The van der Waals surface area contributed by atoms with Crippen LogP contribution in [0, 0.1) is 17.0 Å². The van der Waals surface area contributed by atoms with Crippen molar-refractivity contribution in [2.45, 2.75) is 13.8 Å². The summed E-state index contributed by atoms with van der Waals surface area (Å²) in [6.07, 6.45) is 0. The van der Waals surface area contributed by atoms with Crippen LogP contribution in [0.15, 0.2) is 75.6 Å². The molecular weight excluding hydrogens is 550 g/mol. The van der Waals surface area contributed by atoms with E-state index >= 15 is 0 Å². The Labute approximate surface area is 235 Å². The van der Waals surface area contributed by atoms with Crippen LogP contribution in [-0.4, -0.2) is 37.1 Å². The van der Waals surface area contributed by atoms with Gasteiger partial charge in [0.05, 0.1) is 21.7 Å². The van der Waals surface area contributed by atoms with Gasteiger partial charge in [-0.05, 0) is 56.3 Å². The number of hydrogen-bond donors (Lipinski definition) is 2. The molecule has 6 rings (SSSR count). The molecule has 0 aliphatic rings. The van der Waals surface area contributed by atoms with E-state index in [4.69, 9.17) is 13.6 Å². The van der Waals surface area contributed by atoms with Crippen LogP contribution in [0.1, 0.15) is 28.8 Å². The van der Waals surface area contributed by atoms with E-state index in [0.717, 1.165) is 4.70 Å². The average Bonchev–Trinajstić information content (AvgIpc) is 3.75. The first-order valence-corrected chi connectivity index (χ1v) is 13.2. The maximum Gasteiger partial charge on any atom is 0.270 e.